The van der Waals surface area contributed by atoms with E-state index in [9.17, 15) is 14.0 Å². The number of aryl methyl sites for hydroxylation is 1. The van der Waals surface area contributed by atoms with Crippen molar-refractivity contribution in [3.63, 3.8) is 0 Å². The van der Waals surface area contributed by atoms with Gasteiger partial charge >= 0.3 is 0 Å². The average Bonchev–Trinajstić information content (AvgIpc) is 3.31. The van der Waals surface area contributed by atoms with Gasteiger partial charge in [0.2, 0.25) is 5.91 Å². The van der Waals surface area contributed by atoms with Crippen LogP contribution in [0.3, 0.4) is 0 Å². The van der Waals surface area contributed by atoms with Crippen LogP contribution in [0.2, 0.25) is 0 Å². The Morgan fingerprint density at radius 2 is 2.07 bits per heavy atom. The van der Waals surface area contributed by atoms with Crippen LogP contribution >= 0.6 is 23.1 Å². The van der Waals surface area contributed by atoms with E-state index >= 15 is 0 Å². The number of nitrogens with zero attached hydrogens (tertiary/aromatic N) is 4. The minimum absolute atomic E-state index is 0.0302. The number of hydrogen-bond donors (Lipinski definition) is 2. The molecule has 0 aliphatic carbocycles. The largest absolute Gasteiger partial charge is 0.345 e. The van der Waals surface area contributed by atoms with Crippen LogP contribution < -0.4 is 10.6 Å². The number of amides is 2. The van der Waals surface area contributed by atoms with Crippen LogP contribution in [0.5, 0.6) is 0 Å². The molecule has 30 heavy (non-hydrogen) atoms. The SMILES string of the molecule is CCn1c(CNC(=O)c2ccccc2F)nnc1S[C@H](C)C(=O)Nc1nc(C)cs1. The Balaban J connectivity index is 1.62. The number of aromatic nitrogens is 4. The van der Waals surface area contributed by atoms with Gasteiger partial charge in [-0.3, -0.25) is 9.59 Å². The Hall–Kier alpha value is -2.79. The highest BCUT2D eigenvalue weighted by Gasteiger charge is 2.21. The number of rotatable bonds is 8. The van der Waals surface area contributed by atoms with Crippen molar-refractivity contribution in [1.82, 2.24) is 25.1 Å². The molecule has 2 amide bonds. The number of halogens is 1. The number of thioether (sulfide) groups is 1. The predicted molar refractivity (Wildman–Crippen MR) is 114 cm³/mol. The van der Waals surface area contributed by atoms with E-state index in [-0.39, 0.29) is 18.0 Å². The van der Waals surface area contributed by atoms with Crippen LogP contribution in [-0.2, 0) is 17.9 Å². The summed E-state index contributed by atoms with van der Waals surface area (Å²) in [5, 5.41) is 16.3. The van der Waals surface area contributed by atoms with Crippen molar-refractivity contribution in [3.8, 4) is 0 Å². The van der Waals surface area contributed by atoms with E-state index in [2.05, 4.69) is 25.8 Å². The first kappa shape index (κ1) is 21.9. The molecule has 2 aromatic heterocycles. The minimum Gasteiger partial charge on any atom is -0.345 e. The molecule has 1 aromatic carbocycles. The van der Waals surface area contributed by atoms with Gasteiger partial charge in [0.25, 0.3) is 5.91 Å². The standard InChI is InChI=1S/C19H21FN6O2S2/c1-4-26-15(9-21-17(28)13-7-5-6-8-14(13)20)24-25-19(26)30-12(3)16(27)23-18-22-11(2)10-29-18/h5-8,10,12H,4,9H2,1-3H3,(H,21,28)(H,22,23,27)/t12-/m1/s1. The lowest BCUT2D eigenvalue weighted by Crippen LogP contribution is -2.26. The predicted octanol–water partition coefficient (Wildman–Crippen LogP) is 3.25. The van der Waals surface area contributed by atoms with Crippen LogP contribution in [0, 0.1) is 12.7 Å². The maximum absolute atomic E-state index is 13.8. The third kappa shape index (κ3) is 5.22. The van der Waals surface area contributed by atoms with E-state index in [1.807, 2.05) is 23.8 Å². The zero-order valence-corrected chi connectivity index (χ0v) is 18.3. The van der Waals surface area contributed by atoms with Gasteiger partial charge in [0.1, 0.15) is 5.82 Å². The second-order valence-corrected chi connectivity index (χ2v) is 8.52. The number of benzene rings is 1. The van der Waals surface area contributed by atoms with Gasteiger partial charge in [-0.05, 0) is 32.9 Å². The van der Waals surface area contributed by atoms with E-state index in [4.69, 9.17) is 0 Å². The Bertz CT molecular complexity index is 1050. The third-order valence-corrected chi connectivity index (χ3v) is 6.09. The van der Waals surface area contributed by atoms with E-state index < -0.39 is 17.0 Å². The van der Waals surface area contributed by atoms with Crippen LogP contribution in [0.25, 0.3) is 0 Å². The van der Waals surface area contributed by atoms with Crippen molar-refractivity contribution < 1.29 is 14.0 Å². The summed E-state index contributed by atoms with van der Waals surface area (Å²) >= 11 is 2.63. The summed E-state index contributed by atoms with van der Waals surface area (Å²) in [6.07, 6.45) is 0. The number of carbonyl (C=O) groups excluding carboxylic acids is 2. The van der Waals surface area contributed by atoms with Crippen molar-refractivity contribution in [2.75, 3.05) is 5.32 Å². The molecule has 0 bridgehead atoms. The molecule has 158 valence electrons. The fraction of sp³-hybridized carbons (Fsp3) is 0.316. The third-order valence-electron chi connectivity index (χ3n) is 4.14. The van der Waals surface area contributed by atoms with E-state index in [1.54, 1.807) is 13.0 Å². The average molecular weight is 449 g/mol. The zero-order chi connectivity index (χ0) is 21.7. The fourth-order valence-corrected chi connectivity index (χ4v) is 4.21. The quantitative estimate of drug-likeness (QED) is 0.513. The van der Waals surface area contributed by atoms with Gasteiger partial charge in [-0.1, -0.05) is 23.9 Å². The van der Waals surface area contributed by atoms with Crippen molar-refractivity contribution in [2.24, 2.45) is 0 Å². The number of thiazole rings is 1. The molecule has 1 atom stereocenters. The van der Waals surface area contributed by atoms with Crippen LogP contribution in [0.4, 0.5) is 9.52 Å². The molecule has 0 aliphatic heterocycles. The number of hydrogen-bond acceptors (Lipinski definition) is 7. The van der Waals surface area contributed by atoms with Crippen LogP contribution in [0.15, 0.2) is 34.8 Å². The van der Waals surface area contributed by atoms with Gasteiger partial charge in [0.15, 0.2) is 16.1 Å². The summed E-state index contributed by atoms with van der Waals surface area (Å²) < 4.78 is 15.6. The first-order valence-corrected chi connectivity index (χ1v) is 11.0. The van der Waals surface area contributed by atoms with Crippen molar-refractivity contribution >= 4 is 40.0 Å². The highest BCUT2D eigenvalue weighted by atomic mass is 32.2. The van der Waals surface area contributed by atoms with Crippen molar-refractivity contribution in [1.29, 1.82) is 0 Å². The Labute approximate surface area is 181 Å². The second kappa shape index (κ2) is 9.81. The van der Waals surface area contributed by atoms with Gasteiger partial charge < -0.3 is 15.2 Å². The first-order valence-electron chi connectivity index (χ1n) is 9.23. The van der Waals surface area contributed by atoms with Gasteiger partial charge in [0.05, 0.1) is 23.1 Å². The summed E-state index contributed by atoms with van der Waals surface area (Å²) in [5.41, 5.74) is 0.820. The lowest BCUT2D eigenvalue weighted by atomic mass is 10.2. The molecule has 8 nitrogen and oxygen atoms in total. The smallest absolute Gasteiger partial charge is 0.254 e. The number of anilines is 1. The summed E-state index contributed by atoms with van der Waals surface area (Å²) in [5.74, 6) is -0.778. The molecular formula is C19H21FN6O2S2. The van der Waals surface area contributed by atoms with Crippen LogP contribution in [-0.4, -0.2) is 36.8 Å². The van der Waals surface area contributed by atoms with Crippen molar-refractivity contribution in [2.45, 2.75) is 44.3 Å². The maximum atomic E-state index is 13.8. The normalized spacial score (nSPS) is 11.9. The highest BCUT2D eigenvalue weighted by molar-refractivity contribution is 8.00. The summed E-state index contributed by atoms with van der Waals surface area (Å²) in [6.45, 7) is 6.20. The van der Waals surface area contributed by atoms with Gasteiger partial charge in [-0.25, -0.2) is 9.37 Å². The van der Waals surface area contributed by atoms with Crippen molar-refractivity contribution in [3.05, 3.63) is 52.5 Å². The molecule has 3 rings (SSSR count). The van der Waals surface area contributed by atoms with Crippen LogP contribution in [0.1, 0.15) is 35.7 Å². The topological polar surface area (TPSA) is 102 Å². The Morgan fingerprint density at radius 1 is 1.30 bits per heavy atom. The Morgan fingerprint density at radius 3 is 2.73 bits per heavy atom. The zero-order valence-electron chi connectivity index (χ0n) is 16.7. The molecule has 0 saturated carbocycles. The molecule has 0 radical (unpaired) electrons. The van der Waals surface area contributed by atoms with E-state index in [0.29, 0.717) is 22.7 Å². The summed E-state index contributed by atoms with van der Waals surface area (Å²) in [7, 11) is 0. The monoisotopic (exact) mass is 448 g/mol. The molecule has 0 aliphatic rings. The summed E-state index contributed by atoms with van der Waals surface area (Å²) in [4.78, 5) is 28.9. The first-order chi connectivity index (χ1) is 14.4. The lowest BCUT2D eigenvalue weighted by Gasteiger charge is -2.12. The molecular weight excluding hydrogens is 427 g/mol. The summed E-state index contributed by atoms with van der Waals surface area (Å²) in [6, 6.07) is 5.77. The fourth-order valence-electron chi connectivity index (χ4n) is 2.58. The molecule has 0 fully saturated rings. The van der Waals surface area contributed by atoms with E-state index in [1.165, 1.54) is 41.3 Å². The molecule has 0 unspecified atom stereocenters. The second-order valence-electron chi connectivity index (χ2n) is 6.35. The van der Waals surface area contributed by atoms with E-state index in [0.717, 1.165) is 5.69 Å². The lowest BCUT2D eigenvalue weighted by molar-refractivity contribution is -0.115. The molecule has 11 heteroatoms. The molecule has 3 aromatic rings. The Kier molecular flexibility index (Phi) is 7.16. The van der Waals surface area contributed by atoms with Gasteiger partial charge in [0, 0.05) is 11.9 Å². The maximum Gasteiger partial charge on any atom is 0.254 e. The molecule has 0 saturated heterocycles. The highest BCUT2D eigenvalue weighted by Crippen LogP contribution is 2.24. The van der Waals surface area contributed by atoms with Gasteiger partial charge in [-0.2, -0.15) is 0 Å². The minimum atomic E-state index is -0.585. The van der Waals surface area contributed by atoms with Gasteiger partial charge in [-0.15, -0.1) is 21.5 Å². The molecule has 0 spiro atoms. The molecule has 2 heterocycles. The molecule has 2 N–H and O–H groups in total. The number of nitrogens with one attached hydrogen (secondary N) is 2. The number of carbonyl (C=O) groups is 2.